The van der Waals surface area contributed by atoms with Crippen molar-refractivity contribution in [2.24, 2.45) is 5.73 Å². The Balaban J connectivity index is 1.95. The van der Waals surface area contributed by atoms with Crippen molar-refractivity contribution in [2.45, 2.75) is 24.8 Å². The molecule has 1 atom stereocenters. The van der Waals surface area contributed by atoms with Crippen molar-refractivity contribution in [2.75, 3.05) is 0 Å². The molecule has 0 aliphatic carbocycles. The van der Waals surface area contributed by atoms with E-state index >= 15 is 0 Å². The van der Waals surface area contributed by atoms with Gasteiger partial charge in [-0.3, -0.25) is 9.59 Å². The van der Waals surface area contributed by atoms with Crippen LogP contribution in [0.1, 0.15) is 23.6 Å². The van der Waals surface area contributed by atoms with E-state index in [1.807, 2.05) is 91.9 Å². The summed E-state index contributed by atoms with van der Waals surface area (Å²) in [7, 11) is 0. The first-order valence-electron chi connectivity index (χ1n) is 9.37. The van der Waals surface area contributed by atoms with Crippen LogP contribution in [0.5, 0.6) is 0 Å². The van der Waals surface area contributed by atoms with Gasteiger partial charge in [0, 0.05) is 10.9 Å². The molecule has 5 heteroatoms. The molecule has 0 saturated heterocycles. The quantitative estimate of drug-likeness (QED) is 0.571. The number of nitrogens with one attached hydrogen (secondary N) is 1. The van der Waals surface area contributed by atoms with Crippen LogP contribution in [0.25, 0.3) is 0 Å². The Morgan fingerprint density at radius 1 is 0.897 bits per heavy atom. The topological polar surface area (TPSA) is 72.2 Å². The van der Waals surface area contributed by atoms with Crippen molar-refractivity contribution in [1.29, 1.82) is 0 Å². The number of amides is 2. The lowest BCUT2D eigenvalue weighted by Gasteiger charge is -2.31. The van der Waals surface area contributed by atoms with Crippen molar-refractivity contribution in [3.63, 3.8) is 0 Å². The highest BCUT2D eigenvalue weighted by atomic mass is 79.9. The number of carbonyl (C=O) groups excluding carboxylic acids is 2. The first-order chi connectivity index (χ1) is 13.9. The van der Waals surface area contributed by atoms with E-state index in [-0.39, 0.29) is 5.91 Å². The van der Waals surface area contributed by atoms with Crippen molar-refractivity contribution < 1.29 is 9.59 Å². The van der Waals surface area contributed by atoms with Crippen molar-refractivity contribution in [3.8, 4) is 0 Å². The number of nitrogens with two attached hydrogens (primary N) is 1. The van der Waals surface area contributed by atoms with Crippen LogP contribution in [0, 0.1) is 0 Å². The zero-order chi connectivity index (χ0) is 20.9. The summed E-state index contributed by atoms with van der Waals surface area (Å²) in [6.45, 7) is 1.86. The maximum absolute atomic E-state index is 13.5. The molecule has 0 aliphatic heterocycles. The Labute approximate surface area is 179 Å². The minimum atomic E-state index is -0.968. The Kier molecular flexibility index (Phi) is 6.49. The molecule has 29 heavy (non-hydrogen) atoms. The second-order valence-corrected chi connectivity index (χ2v) is 7.94. The van der Waals surface area contributed by atoms with Gasteiger partial charge < -0.3 is 11.1 Å². The van der Waals surface area contributed by atoms with Crippen LogP contribution in [0.3, 0.4) is 0 Å². The lowest BCUT2D eigenvalue weighted by molar-refractivity contribution is -0.129. The first-order valence-corrected chi connectivity index (χ1v) is 10.2. The molecule has 0 aromatic heterocycles. The van der Waals surface area contributed by atoms with Crippen molar-refractivity contribution >= 4 is 27.7 Å². The molecule has 2 amide bonds. The number of primary amides is 1. The fourth-order valence-electron chi connectivity index (χ4n) is 3.38. The SMILES string of the molecule is CC(C(=O)N[C@H](Cc1ccccc1Br)C(N)=O)(c1ccccc1)c1ccccc1. The molecule has 0 spiro atoms. The van der Waals surface area contributed by atoms with Gasteiger partial charge in [0.25, 0.3) is 0 Å². The van der Waals surface area contributed by atoms with Gasteiger partial charge in [0.05, 0.1) is 5.41 Å². The van der Waals surface area contributed by atoms with Crippen LogP contribution in [0.4, 0.5) is 0 Å². The van der Waals surface area contributed by atoms with Gasteiger partial charge in [-0.1, -0.05) is 94.8 Å². The smallest absolute Gasteiger partial charge is 0.240 e. The predicted octanol–water partition coefficient (Wildman–Crippen LogP) is 3.97. The zero-order valence-corrected chi connectivity index (χ0v) is 17.7. The van der Waals surface area contributed by atoms with Crippen LogP contribution in [0.2, 0.25) is 0 Å². The third-order valence-corrected chi connectivity index (χ3v) is 5.96. The molecular formula is C24H23BrN2O2. The summed E-state index contributed by atoms with van der Waals surface area (Å²) >= 11 is 3.49. The molecule has 4 nitrogen and oxygen atoms in total. The summed E-state index contributed by atoms with van der Waals surface area (Å²) < 4.78 is 0.870. The Hall–Kier alpha value is -2.92. The maximum Gasteiger partial charge on any atom is 0.240 e. The largest absolute Gasteiger partial charge is 0.368 e. The van der Waals surface area contributed by atoms with Gasteiger partial charge >= 0.3 is 0 Å². The molecule has 0 fully saturated rings. The van der Waals surface area contributed by atoms with E-state index < -0.39 is 17.4 Å². The molecule has 0 heterocycles. The maximum atomic E-state index is 13.5. The van der Waals surface area contributed by atoms with E-state index in [4.69, 9.17) is 5.73 Å². The molecule has 0 unspecified atom stereocenters. The van der Waals surface area contributed by atoms with Gasteiger partial charge in [0.15, 0.2) is 0 Å². The third kappa shape index (κ3) is 4.57. The van der Waals surface area contributed by atoms with Crippen molar-refractivity contribution in [1.82, 2.24) is 5.32 Å². The number of hydrogen-bond acceptors (Lipinski definition) is 2. The minimum Gasteiger partial charge on any atom is -0.368 e. The van der Waals surface area contributed by atoms with Crippen LogP contribution in [-0.2, 0) is 21.4 Å². The van der Waals surface area contributed by atoms with Crippen LogP contribution in [-0.4, -0.2) is 17.9 Å². The monoisotopic (exact) mass is 450 g/mol. The Morgan fingerprint density at radius 2 is 1.38 bits per heavy atom. The molecule has 0 saturated carbocycles. The second kappa shape index (κ2) is 9.05. The summed E-state index contributed by atoms with van der Waals surface area (Å²) in [5, 5.41) is 2.90. The standard InChI is InChI=1S/C24H23BrN2O2/c1-24(18-11-4-2-5-12-18,19-13-6-3-7-14-19)23(29)27-21(22(26)28)16-17-10-8-9-15-20(17)25/h2-15,21H,16H2,1H3,(H2,26,28)(H,27,29)/t21-/m1/s1. The summed E-state index contributed by atoms with van der Waals surface area (Å²) in [5.74, 6) is -0.844. The van der Waals surface area contributed by atoms with E-state index in [0.717, 1.165) is 21.2 Å². The molecule has 3 aromatic carbocycles. The highest BCUT2D eigenvalue weighted by Gasteiger charge is 2.38. The molecule has 0 aliphatic rings. The summed E-state index contributed by atoms with van der Waals surface area (Å²) in [6.07, 6.45) is 0.308. The van der Waals surface area contributed by atoms with Crippen LogP contribution < -0.4 is 11.1 Å². The highest BCUT2D eigenvalue weighted by molar-refractivity contribution is 9.10. The van der Waals surface area contributed by atoms with Gasteiger partial charge in [-0.05, 0) is 29.7 Å². The van der Waals surface area contributed by atoms with E-state index in [0.29, 0.717) is 6.42 Å². The Bertz CT molecular complexity index is 951. The number of halogens is 1. The van der Waals surface area contributed by atoms with Gasteiger partial charge in [-0.2, -0.15) is 0 Å². The molecule has 0 bridgehead atoms. The fraction of sp³-hybridized carbons (Fsp3) is 0.167. The molecule has 0 radical (unpaired) electrons. The highest BCUT2D eigenvalue weighted by Crippen LogP contribution is 2.32. The van der Waals surface area contributed by atoms with Crippen LogP contribution in [0.15, 0.2) is 89.4 Å². The number of benzene rings is 3. The number of rotatable bonds is 7. The lowest BCUT2D eigenvalue weighted by Crippen LogP contribution is -2.52. The van der Waals surface area contributed by atoms with E-state index in [1.165, 1.54) is 0 Å². The van der Waals surface area contributed by atoms with Gasteiger partial charge in [0.1, 0.15) is 6.04 Å². The summed E-state index contributed by atoms with van der Waals surface area (Å²) in [6, 6.07) is 25.8. The molecular weight excluding hydrogens is 428 g/mol. The average Bonchev–Trinajstić information content (AvgIpc) is 2.75. The van der Waals surface area contributed by atoms with Crippen molar-refractivity contribution in [3.05, 3.63) is 106 Å². The third-order valence-electron chi connectivity index (χ3n) is 5.19. The van der Waals surface area contributed by atoms with Gasteiger partial charge in [-0.25, -0.2) is 0 Å². The first kappa shape index (κ1) is 20.8. The molecule has 148 valence electrons. The van der Waals surface area contributed by atoms with Crippen LogP contribution >= 0.6 is 15.9 Å². The fourth-order valence-corrected chi connectivity index (χ4v) is 3.83. The Morgan fingerprint density at radius 3 is 1.86 bits per heavy atom. The molecule has 3 N–H and O–H groups in total. The van der Waals surface area contributed by atoms with E-state index in [9.17, 15) is 9.59 Å². The molecule has 3 aromatic rings. The lowest BCUT2D eigenvalue weighted by atomic mass is 9.75. The average molecular weight is 451 g/mol. The summed E-state index contributed by atoms with van der Waals surface area (Å²) in [5.41, 5.74) is 7.25. The zero-order valence-electron chi connectivity index (χ0n) is 16.1. The number of hydrogen-bond donors (Lipinski definition) is 2. The predicted molar refractivity (Wildman–Crippen MR) is 118 cm³/mol. The normalized spacial score (nSPS) is 12.2. The number of carbonyl (C=O) groups is 2. The minimum absolute atomic E-state index is 0.272. The van der Waals surface area contributed by atoms with E-state index in [1.54, 1.807) is 0 Å². The summed E-state index contributed by atoms with van der Waals surface area (Å²) in [4.78, 5) is 25.7. The second-order valence-electron chi connectivity index (χ2n) is 7.08. The molecule has 3 rings (SSSR count). The van der Waals surface area contributed by atoms with Gasteiger partial charge in [0.2, 0.25) is 11.8 Å². The van der Waals surface area contributed by atoms with E-state index in [2.05, 4.69) is 21.2 Å². The van der Waals surface area contributed by atoms with Gasteiger partial charge in [-0.15, -0.1) is 0 Å².